The van der Waals surface area contributed by atoms with Crippen LogP contribution in [0.1, 0.15) is 29.0 Å². The topological polar surface area (TPSA) is 114 Å². The van der Waals surface area contributed by atoms with Crippen molar-refractivity contribution in [2.45, 2.75) is 23.2 Å². The van der Waals surface area contributed by atoms with Gasteiger partial charge in [-0.2, -0.15) is 0 Å². The summed E-state index contributed by atoms with van der Waals surface area (Å²) in [5, 5.41) is 13.2. The van der Waals surface area contributed by atoms with Crippen molar-refractivity contribution in [3.05, 3.63) is 69.3 Å². The van der Waals surface area contributed by atoms with Gasteiger partial charge in [0.25, 0.3) is 5.56 Å². The van der Waals surface area contributed by atoms with Crippen molar-refractivity contribution in [1.29, 1.82) is 0 Å². The van der Waals surface area contributed by atoms with Crippen molar-refractivity contribution in [3.8, 4) is 17.2 Å². The van der Waals surface area contributed by atoms with Crippen LogP contribution in [0.4, 0.5) is 10.2 Å². The first-order chi connectivity index (χ1) is 15.4. The molecule has 166 valence electrons. The molecule has 3 N–H and O–H groups in total. The zero-order valence-electron chi connectivity index (χ0n) is 17.3. The molecule has 32 heavy (non-hydrogen) atoms. The molecular formula is C22H20FN3O5S. The fourth-order valence-corrected chi connectivity index (χ4v) is 4.40. The molecule has 0 unspecified atom stereocenters. The van der Waals surface area contributed by atoms with E-state index in [2.05, 4.69) is 15.3 Å². The lowest BCUT2D eigenvalue weighted by Crippen LogP contribution is -2.31. The van der Waals surface area contributed by atoms with Gasteiger partial charge >= 0.3 is 0 Å². The molecule has 2 heterocycles. The van der Waals surface area contributed by atoms with Crippen molar-refractivity contribution in [2.24, 2.45) is 0 Å². The standard InChI is InChI=1S/C22H20FN3O5S/c1-30-15-7-12(8-16(31-2)19(15)28)14-9-17(27)24-20-18(14)21(29)26-22(25-20)32-10-11-4-3-5-13(23)6-11/h3-8,14,28H,9-10H2,1-2H3,(H2,24,25,26,27,29)/t14-/m0/s1. The summed E-state index contributed by atoms with van der Waals surface area (Å²) in [7, 11) is 2.80. The summed E-state index contributed by atoms with van der Waals surface area (Å²) >= 11 is 1.22. The summed E-state index contributed by atoms with van der Waals surface area (Å²) in [5.41, 5.74) is 1.21. The molecule has 4 rings (SSSR count). The summed E-state index contributed by atoms with van der Waals surface area (Å²) in [6.07, 6.45) is 0.0185. The van der Waals surface area contributed by atoms with E-state index >= 15 is 0 Å². The Morgan fingerprint density at radius 1 is 1.19 bits per heavy atom. The predicted octanol–water partition coefficient (Wildman–Crippen LogP) is 3.40. The lowest BCUT2D eigenvalue weighted by molar-refractivity contribution is -0.116. The van der Waals surface area contributed by atoms with Crippen LogP contribution in [0.25, 0.3) is 0 Å². The summed E-state index contributed by atoms with van der Waals surface area (Å²) in [6, 6.07) is 9.28. The van der Waals surface area contributed by atoms with Crippen molar-refractivity contribution in [3.63, 3.8) is 0 Å². The van der Waals surface area contributed by atoms with Gasteiger partial charge in [0.05, 0.1) is 19.8 Å². The lowest BCUT2D eigenvalue weighted by atomic mass is 9.86. The van der Waals surface area contributed by atoms with E-state index in [4.69, 9.17) is 9.47 Å². The fraction of sp³-hybridized carbons (Fsp3) is 0.227. The molecule has 0 radical (unpaired) electrons. The van der Waals surface area contributed by atoms with E-state index in [-0.39, 0.29) is 41.2 Å². The number of halogens is 1. The Morgan fingerprint density at radius 2 is 1.91 bits per heavy atom. The number of H-pyrrole nitrogens is 1. The Morgan fingerprint density at radius 3 is 2.56 bits per heavy atom. The summed E-state index contributed by atoms with van der Waals surface area (Å²) in [5.74, 6) is -0.531. The molecule has 1 aliphatic rings. The average Bonchev–Trinajstić information content (AvgIpc) is 2.77. The minimum atomic E-state index is -0.610. The maximum atomic E-state index is 13.4. The number of hydrogen-bond acceptors (Lipinski definition) is 7. The van der Waals surface area contributed by atoms with Crippen LogP contribution < -0.4 is 20.3 Å². The number of phenols is 1. The van der Waals surface area contributed by atoms with Crippen LogP contribution in [0.3, 0.4) is 0 Å². The third kappa shape index (κ3) is 4.26. The van der Waals surface area contributed by atoms with Gasteiger partial charge in [0.15, 0.2) is 16.7 Å². The molecule has 1 aliphatic heterocycles. The summed E-state index contributed by atoms with van der Waals surface area (Å²) < 4.78 is 23.8. The molecule has 0 fully saturated rings. The van der Waals surface area contributed by atoms with E-state index < -0.39 is 11.5 Å². The van der Waals surface area contributed by atoms with Crippen LogP contribution in [-0.4, -0.2) is 35.2 Å². The molecule has 0 aliphatic carbocycles. The number of benzene rings is 2. The van der Waals surface area contributed by atoms with E-state index in [1.165, 1.54) is 38.1 Å². The van der Waals surface area contributed by atoms with Gasteiger partial charge in [-0.3, -0.25) is 9.59 Å². The third-order valence-corrected chi connectivity index (χ3v) is 6.04. The number of ether oxygens (including phenoxy) is 2. The number of nitrogens with zero attached hydrogens (tertiary/aromatic N) is 1. The number of nitrogens with one attached hydrogen (secondary N) is 2. The number of carbonyl (C=O) groups excluding carboxylic acids is 1. The maximum absolute atomic E-state index is 13.4. The monoisotopic (exact) mass is 457 g/mol. The van der Waals surface area contributed by atoms with Crippen molar-refractivity contribution >= 4 is 23.5 Å². The summed E-state index contributed by atoms with van der Waals surface area (Å²) in [4.78, 5) is 32.5. The summed E-state index contributed by atoms with van der Waals surface area (Å²) in [6.45, 7) is 0. The highest BCUT2D eigenvalue weighted by molar-refractivity contribution is 7.98. The molecule has 1 atom stereocenters. The minimum absolute atomic E-state index is 0.0185. The van der Waals surface area contributed by atoms with Crippen LogP contribution in [0.5, 0.6) is 17.2 Å². The highest BCUT2D eigenvalue weighted by atomic mass is 32.2. The second-order valence-corrected chi connectivity index (χ2v) is 8.09. The average molecular weight is 457 g/mol. The van der Waals surface area contributed by atoms with Gasteiger partial charge in [0.2, 0.25) is 11.7 Å². The molecule has 0 bridgehead atoms. The number of fused-ring (bicyclic) bond motifs is 1. The first kappa shape index (κ1) is 21.7. The highest BCUT2D eigenvalue weighted by Crippen LogP contribution is 2.43. The van der Waals surface area contributed by atoms with Gasteiger partial charge in [-0.25, -0.2) is 9.37 Å². The Labute approximate surface area is 186 Å². The first-order valence-corrected chi connectivity index (χ1v) is 10.6. The molecule has 3 aromatic rings. The van der Waals surface area contributed by atoms with Crippen molar-refractivity contribution < 1.29 is 23.8 Å². The molecule has 0 saturated heterocycles. The molecule has 1 aromatic heterocycles. The van der Waals surface area contributed by atoms with Gasteiger partial charge in [-0.15, -0.1) is 0 Å². The number of aromatic amines is 1. The largest absolute Gasteiger partial charge is 0.502 e. The number of aromatic nitrogens is 2. The van der Waals surface area contributed by atoms with Gasteiger partial charge in [-0.05, 0) is 35.4 Å². The lowest BCUT2D eigenvalue weighted by Gasteiger charge is -2.25. The zero-order valence-corrected chi connectivity index (χ0v) is 18.1. The first-order valence-electron chi connectivity index (χ1n) is 9.65. The van der Waals surface area contributed by atoms with Crippen LogP contribution in [0.2, 0.25) is 0 Å². The van der Waals surface area contributed by atoms with Crippen molar-refractivity contribution in [2.75, 3.05) is 19.5 Å². The highest BCUT2D eigenvalue weighted by Gasteiger charge is 2.32. The maximum Gasteiger partial charge on any atom is 0.257 e. The van der Waals surface area contributed by atoms with Crippen molar-refractivity contribution in [1.82, 2.24) is 9.97 Å². The van der Waals surface area contributed by atoms with Crippen LogP contribution in [0, 0.1) is 5.82 Å². The molecule has 2 aromatic carbocycles. The smallest absolute Gasteiger partial charge is 0.257 e. The van der Waals surface area contributed by atoms with E-state index in [1.807, 2.05) is 0 Å². The number of methoxy groups -OCH3 is 2. The molecule has 8 nitrogen and oxygen atoms in total. The number of hydrogen-bond donors (Lipinski definition) is 3. The Kier molecular flexibility index (Phi) is 6.04. The Balaban J connectivity index is 1.70. The van der Waals surface area contributed by atoms with E-state index in [1.54, 1.807) is 24.3 Å². The second-order valence-electron chi connectivity index (χ2n) is 7.13. The number of phenolic OH excluding ortho intramolecular Hbond substituents is 1. The number of carbonyl (C=O) groups is 1. The quantitative estimate of drug-likeness (QED) is 0.384. The fourth-order valence-electron chi connectivity index (χ4n) is 3.60. The second kappa shape index (κ2) is 8.91. The zero-order chi connectivity index (χ0) is 22.8. The minimum Gasteiger partial charge on any atom is -0.502 e. The molecule has 0 spiro atoms. The number of rotatable bonds is 6. The van der Waals surface area contributed by atoms with Crippen LogP contribution in [0.15, 0.2) is 46.3 Å². The predicted molar refractivity (Wildman–Crippen MR) is 117 cm³/mol. The number of aromatic hydroxyl groups is 1. The molecule has 1 amide bonds. The normalized spacial score (nSPS) is 15.1. The van der Waals surface area contributed by atoms with Gasteiger partial charge < -0.3 is 24.9 Å². The van der Waals surface area contributed by atoms with E-state index in [0.717, 1.165) is 5.56 Å². The molecular weight excluding hydrogens is 437 g/mol. The van der Waals surface area contributed by atoms with Crippen LogP contribution >= 0.6 is 11.8 Å². The van der Waals surface area contributed by atoms with E-state index in [0.29, 0.717) is 22.0 Å². The molecule has 10 heteroatoms. The van der Waals surface area contributed by atoms with Gasteiger partial charge in [-0.1, -0.05) is 23.9 Å². The number of thioether (sulfide) groups is 1. The number of anilines is 1. The molecule has 0 saturated carbocycles. The Hall–Kier alpha value is -3.53. The third-order valence-electron chi connectivity index (χ3n) is 5.10. The number of amides is 1. The van der Waals surface area contributed by atoms with Gasteiger partial charge in [0.1, 0.15) is 11.6 Å². The SMILES string of the molecule is COc1cc([C@@H]2CC(=O)Nc3nc(SCc4cccc(F)c4)[nH]c(=O)c32)cc(OC)c1O. The van der Waals surface area contributed by atoms with Gasteiger partial charge in [0, 0.05) is 18.1 Å². The Bertz CT molecular complexity index is 1220. The van der Waals surface area contributed by atoms with E-state index in [9.17, 15) is 19.1 Å². The van der Waals surface area contributed by atoms with Crippen LogP contribution in [-0.2, 0) is 10.5 Å².